The first-order valence-electron chi connectivity index (χ1n) is 11.7. The van der Waals surface area contributed by atoms with Crippen LogP contribution >= 0.6 is 0 Å². The molecule has 1 saturated heterocycles. The number of nitrogens with zero attached hydrogens (tertiary/aromatic N) is 5. The number of rotatable bonds is 4. The van der Waals surface area contributed by atoms with Gasteiger partial charge in [0.05, 0.1) is 5.56 Å². The van der Waals surface area contributed by atoms with Crippen LogP contribution < -0.4 is 11.1 Å². The number of aromatic nitrogens is 4. The lowest BCUT2D eigenvalue weighted by Gasteiger charge is -2.29. The summed E-state index contributed by atoms with van der Waals surface area (Å²) in [5.41, 5.74) is 7.18. The van der Waals surface area contributed by atoms with Gasteiger partial charge in [0.25, 0.3) is 5.91 Å². The number of imidazole rings is 1. The van der Waals surface area contributed by atoms with Gasteiger partial charge in [-0.1, -0.05) is 12.1 Å². The molecule has 0 bridgehead atoms. The summed E-state index contributed by atoms with van der Waals surface area (Å²) in [5, 5.41) is 11.8. The Morgan fingerprint density at radius 1 is 1.11 bits per heavy atom. The molecule has 196 valence electrons. The van der Waals surface area contributed by atoms with Gasteiger partial charge in [-0.3, -0.25) is 9.20 Å². The second kappa shape index (κ2) is 9.65. The van der Waals surface area contributed by atoms with E-state index in [4.69, 9.17) is 10.7 Å². The molecule has 0 unspecified atom stereocenters. The Hall–Kier alpha value is -4.68. The first kappa shape index (κ1) is 25.0. The van der Waals surface area contributed by atoms with Gasteiger partial charge in [0, 0.05) is 48.7 Å². The fraction of sp³-hybridized carbons (Fsp3) is 0.240. The Morgan fingerprint density at radius 2 is 1.87 bits per heavy atom. The minimum atomic E-state index is -4.56. The maximum Gasteiger partial charge on any atom is 0.416 e. The number of hydrogen-bond acceptors (Lipinski definition) is 6. The molecule has 38 heavy (non-hydrogen) atoms. The van der Waals surface area contributed by atoms with Crippen molar-refractivity contribution in [2.24, 2.45) is 0 Å². The van der Waals surface area contributed by atoms with Crippen molar-refractivity contribution in [2.75, 3.05) is 24.1 Å². The van der Waals surface area contributed by atoms with Gasteiger partial charge in [-0.15, -0.1) is 0 Å². The predicted molar refractivity (Wildman–Crippen MR) is 132 cm³/mol. The molecule has 4 N–H and O–H groups in total. The van der Waals surface area contributed by atoms with E-state index in [0.29, 0.717) is 42.1 Å². The Morgan fingerprint density at radius 3 is 2.58 bits per heavy atom. The highest BCUT2D eigenvalue weighted by atomic mass is 19.4. The van der Waals surface area contributed by atoms with Crippen LogP contribution in [-0.4, -0.2) is 54.4 Å². The quantitative estimate of drug-likeness (QED) is 0.357. The van der Waals surface area contributed by atoms with Crippen LogP contribution in [-0.2, 0) is 6.18 Å². The van der Waals surface area contributed by atoms with Crippen molar-refractivity contribution < 1.29 is 27.9 Å². The van der Waals surface area contributed by atoms with E-state index in [1.54, 1.807) is 24.5 Å². The number of benzene rings is 1. The van der Waals surface area contributed by atoms with Gasteiger partial charge in [0.15, 0.2) is 0 Å². The van der Waals surface area contributed by atoms with Crippen LogP contribution in [0.4, 0.5) is 29.6 Å². The van der Waals surface area contributed by atoms with Crippen molar-refractivity contribution in [3.63, 3.8) is 0 Å². The molecule has 4 aromatic rings. The molecule has 3 aromatic heterocycles. The van der Waals surface area contributed by atoms with Gasteiger partial charge >= 0.3 is 12.3 Å². The summed E-state index contributed by atoms with van der Waals surface area (Å²) in [5.74, 6) is -0.0960. The summed E-state index contributed by atoms with van der Waals surface area (Å²) in [6.07, 6.45) is 0.163. The first-order chi connectivity index (χ1) is 18.1. The van der Waals surface area contributed by atoms with Crippen LogP contribution in [0.5, 0.6) is 0 Å². The van der Waals surface area contributed by atoms with E-state index in [9.17, 15) is 27.9 Å². The number of alkyl halides is 3. The number of likely N-dealkylation sites (tertiary alicyclic amines) is 1. The Kier molecular flexibility index (Phi) is 6.35. The summed E-state index contributed by atoms with van der Waals surface area (Å²) >= 11 is 0. The molecule has 10 nitrogen and oxygen atoms in total. The number of nitrogens with one attached hydrogen (secondary N) is 1. The molecule has 0 radical (unpaired) electrons. The number of piperidine rings is 1. The molecular formula is C25H22F3N7O3. The van der Waals surface area contributed by atoms with E-state index in [2.05, 4.69) is 15.3 Å². The van der Waals surface area contributed by atoms with E-state index in [0.717, 1.165) is 24.8 Å². The van der Waals surface area contributed by atoms with E-state index in [1.165, 1.54) is 17.0 Å². The fourth-order valence-corrected chi connectivity index (χ4v) is 4.58. The first-order valence-corrected chi connectivity index (χ1v) is 11.7. The standard InChI is InChI=1S/C25H22F3N7O3/c26-25(27,28)17-7-8-30-18(12-17)32-23(36)15-5-3-14(4-6-15)19-20-21(29)31-9-11-35(20)22(33-19)16-2-1-10-34(13-16)24(37)38/h3-9,11-12,16H,1-2,10,13H2,(H2,29,31)(H,37,38)(H,30,32,36)/t16-/m1/s1. The van der Waals surface area contributed by atoms with Gasteiger partial charge in [-0.25, -0.2) is 19.7 Å². The van der Waals surface area contributed by atoms with Crippen LogP contribution in [0.15, 0.2) is 55.0 Å². The molecule has 1 fully saturated rings. The van der Waals surface area contributed by atoms with Gasteiger partial charge < -0.3 is 21.1 Å². The third kappa shape index (κ3) is 4.82. The highest BCUT2D eigenvalue weighted by Crippen LogP contribution is 2.34. The molecule has 1 aromatic carbocycles. The molecular weight excluding hydrogens is 503 g/mol. The minimum absolute atomic E-state index is 0.145. The predicted octanol–water partition coefficient (Wildman–Crippen LogP) is 4.50. The number of carboxylic acid groups (broad SMARTS) is 1. The van der Waals surface area contributed by atoms with Crippen LogP contribution in [0.2, 0.25) is 0 Å². The molecule has 2 amide bonds. The molecule has 0 spiro atoms. The number of fused-ring (bicyclic) bond motifs is 1. The molecule has 0 aliphatic carbocycles. The van der Waals surface area contributed by atoms with Crippen molar-refractivity contribution in [3.05, 3.63) is 71.9 Å². The Balaban J connectivity index is 1.43. The second-order valence-electron chi connectivity index (χ2n) is 8.88. The van der Waals surface area contributed by atoms with Crippen molar-refractivity contribution in [3.8, 4) is 11.3 Å². The van der Waals surface area contributed by atoms with Crippen LogP contribution in [0, 0.1) is 0 Å². The average Bonchev–Trinajstić information content (AvgIpc) is 3.29. The van der Waals surface area contributed by atoms with Gasteiger partial charge in [-0.2, -0.15) is 13.2 Å². The number of halogens is 3. The summed E-state index contributed by atoms with van der Waals surface area (Å²) < 4.78 is 40.7. The lowest BCUT2D eigenvalue weighted by atomic mass is 9.97. The van der Waals surface area contributed by atoms with Gasteiger partial charge in [-0.05, 0) is 37.1 Å². The Labute approximate surface area is 213 Å². The van der Waals surface area contributed by atoms with Crippen LogP contribution in [0.3, 0.4) is 0 Å². The zero-order chi connectivity index (χ0) is 27.0. The smallest absolute Gasteiger partial charge is 0.416 e. The normalized spacial score (nSPS) is 16.0. The van der Waals surface area contributed by atoms with Crippen molar-refractivity contribution in [2.45, 2.75) is 24.9 Å². The molecule has 1 aliphatic heterocycles. The third-order valence-corrected chi connectivity index (χ3v) is 6.42. The van der Waals surface area contributed by atoms with E-state index < -0.39 is 23.7 Å². The minimum Gasteiger partial charge on any atom is -0.465 e. The van der Waals surface area contributed by atoms with Gasteiger partial charge in [0.1, 0.15) is 28.7 Å². The molecule has 0 saturated carbocycles. The lowest BCUT2D eigenvalue weighted by molar-refractivity contribution is -0.137. The topological polar surface area (TPSA) is 139 Å². The third-order valence-electron chi connectivity index (χ3n) is 6.42. The van der Waals surface area contributed by atoms with Crippen LogP contribution in [0.25, 0.3) is 16.8 Å². The fourth-order valence-electron chi connectivity index (χ4n) is 4.58. The largest absolute Gasteiger partial charge is 0.465 e. The van der Waals surface area contributed by atoms with Crippen molar-refractivity contribution in [1.82, 2.24) is 24.3 Å². The highest BCUT2D eigenvalue weighted by Gasteiger charge is 2.31. The number of nitrogens with two attached hydrogens (primary N) is 1. The maximum absolute atomic E-state index is 13.0. The number of pyridine rings is 1. The highest BCUT2D eigenvalue weighted by molar-refractivity contribution is 6.04. The average molecular weight is 525 g/mol. The number of carbonyl (C=O) groups is 2. The number of nitrogen functional groups attached to an aromatic ring is 1. The lowest BCUT2D eigenvalue weighted by Crippen LogP contribution is -2.38. The van der Waals surface area contributed by atoms with E-state index in [-0.39, 0.29) is 23.1 Å². The summed E-state index contributed by atoms with van der Waals surface area (Å²) in [6.45, 7) is 0.768. The second-order valence-corrected chi connectivity index (χ2v) is 8.88. The maximum atomic E-state index is 13.0. The zero-order valence-electron chi connectivity index (χ0n) is 19.8. The Bertz CT molecular complexity index is 1520. The summed E-state index contributed by atoms with van der Waals surface area (Å²) in [7, 11) is 0. The van der Waals surface area contributed by atoms with E-state index in [1.807, 2.05) is 4.40 Å². The molecule has 4 heterocycles. The van der Waals surface area contributed by atoms with E-state index >= 15 is 0 Å². The summed E-state index contributed by atoms with van der Waals surface area (Å²) in [6, 6.07) is 7.92. The molecule has 1 aliphatic rings. The van der Waals surface area contributed by atoms with Crippen molar-refractivity contribution in [1.29, 1.82) is 0 Å². The molecule has 13 heteroatoms. The van der Waals surface area contributed by atoms with Gasteiger partial charge in [0.2, 0.25) is 0 Å². The number of hydrogen-bond donors (Lipinski definition) is 3. The number of carbonyl (C=O) groups excluding carboxylic acids is 1. The van der Waals surface area contributed by atoms with Crippen molar-refractivity contribution >= 4 is 29.2 Å². The zero-order valence-corrected chi connectivity index (χ0v) is 19.8. The number of anilines is 2. The number of amides is 2. The van der Waals surface area contributed by atoms with Crippen LogP contribution in [0.1, 0.15) is 40.5 Å². The summed E-state index contributed by atoms with van der Waals surface area (Å²) in [4.78, 5) is 38.3. The molecule has 1 atom stereocenters. The SMILES string of the molecule is Nc1nccn2c([C@@H]3CCCN(C(=O)O)C3)nc(-c3ccc(C(=O)Nc4cc(C(F)(F)F)ccn4)cc3)c12. The monoisotopic (exact) mass is 525 g/mol. The molecule has 5 rings (SSSR count).